The molecular weight excluding hydrogens is 280 g/mol. The second-order valence-corrected chi connectivity index (χ2v) is 5.83. The lowest BCUT2D eigenvalue weighted by atomic mass is 10.2. The highest BCUT2D eigenvalue weighted by molar-refractivity contribution is 7.89. The number of ether oxygens (including phenoxy) is 1. The molecule has 0 saturated carbocycles. The third-order valence-corrected chi connectivity index (χ3v) is 4.19. The summed E-state index contributed by atoms with van der Waals surface area (Å²) in [6, 6.07) is 8.20. The molecule has 0 aliphatic carbocycles. The van der Waals surface area contributed by atoms with E-state index in [9.17, 15) is 8.42 Å². The number of methoxy groups -OCH3 is 1. The molecule has 0 fully saturated rings. The minimum Gasteiger partial charge on any atom is -0.495 e. The van der Waals surface area contributed by atoms with Crippen molar-refractivity contribution in [3.8, 4) is 5.75 Å². The van der Waals surface area contributed by atoms with E-state index in [2.05, 4.69) is 4.72 Å². The smallest absolute Gasteiger partial charge is 0.244 e. The molecule has 0 amide bonds. The monoisotopic (exact) mass is 296 g/mol. The summed E-state index contributed by atoms with van der Waals surface area (Å²) in [4.78, 5) is 0.0644. The fraction of sp³-hybridized carbons (Fsp3) is 0.231. The normalized spacial score (nSPS) is 11.5. The Kier molecular flexibility index (Phi) is 4.43. The standard InChI is InChI=1S/C13H16N2O4S/c1-18-12-5-4-10(8-14)7-13(12)20(16,17)15-9-11-3-2-6-19-11/h2-7,15H,8-9,14H2,1H3. The highest BCUT2D eigenvalue weighted by Crippen LogP contribution is 2.24. The zero-order valence-electron chi connectivity index (χ0n) is 11.0. The Bertz CT molecular complexity index is 666. The van der Waals surface area contributed by atoms with Gasteiger partial charge < -0.3 is 14.9 Å². The third-order valence-electron chi connectivity index (χ3n) is 2.77. The van der Waals surface area contributed by atoms with Gasteiger partial charge >= 0.3 is 0 Å². The van der Waals surface area contributed by atoms with Crippen LogP contribution in [0.4, 0.5) is 0 Å². The molecule has 0 unspecified atom stereocenters. The molecule has 6 nitrogen and oxygen atoms in total. The number of nitrogens with one attached hydrogen (secondary N) is 1. The van der Waals surface area contributed by atoms with Gasteiger partial charge in [-0.05, 0) is 29.8 Å². The average Bonchev–Trinajstić information content (AvgIpc) is 2.98. The molecule has 1 aromatic heterocycles. The minimum atomic E-state index is -3.70. The second kappa shape index (κ2) is 6.08. The van der Waals surface area contributed by atoms with Gasteiger partial charge in [0.25, 0.3) is 0 Å². The molecule has 108 valence electrons. The van der Waals surface area contributed by atoms with Crippen LogP contribution in [-0.2, 0) is 23.1 Å². The molecule has 2 rings (SSSR count). The number of benzene rings is 1. The quantitative estimate of drug-likeness (QED) is 0.836. The van der Waals surface area contributed by atoms with Crippen molar-refractivity contribution in [2.45, 2.75) is 18.0 Å². The summed E-state index contributed by atoms with van der Waals surface area (Å²) in [6.45, 7) is 0.329. The summed E-state index contributed by atoms with van der Waals surface area (Å²) in [7, 11) is -2.28. The zero-order chi connectivity index (χ0) is 14.6. The van der Waals surface area contributed by atoms with Crippen LogP contribution in [0.2, 0.25) is 0 Å². The maximum atomic E-state index is 12.3. The van der Waals surface area contributed by atoms with Gasteiger partial charge in [-0.2, -0.15) is 0 Å². The fourth-order valence-electron chi connectivity index (χ4n) is 1.72. The molecule has 0 saturated heterocycles. The van der Waals surface area contributed by atoms with Crippen LogP contribution in [0.25, 0.3) is 0 Å². The van der Waals surface area contributed by atoms with E-state index in [1.807, 2.05) is 0 Å². The van der Waals surface area contributed by atoms with Crippen molar-refractivity contribution in [1.82, 2.24) is 4.72 Å². The maximum Gasteiger partial charge on any atom is 0.244 e. The number of furan rings is 1. The van der Waals surface area contributed by atoms with E-state index in [1.165, 1.54) is 19.4 Å². The van der Waals surface area contributed by atoms with E-state index in [-0.39, 0.29) is 23.7 Å². The Labute approximate surface area is 117 Å². The first-order valence-corrected chi connectivity index (χ1v) is 7.44. The molecule has 1 heterocycles. The first kappa shape index (κ1) is 14.6. The van der Waals surface area contributed by atoms with Gasteiger partial charge in [0.1, 0.15) is 16.4 Å². The molecular formula is C13H16N2O4S. The van der Waals surface area contributed by atoms with Gasteiger partial charge in [-0.1, -0.05) is 6.07 Å². The van der Waals surface area contributed by atoms with Crippen molar-refractivity contribution in [2.24, 2.45) is 5.73 Å². The van der Waals surface area contributed by atoms with Crippen molar-refractivity contribution in [3.05, 3.63) is 47.9 Å². The first-order chi connectivity index (χ1) is 9.56. The highest BCUT2D eigenvalue weighted by atomic mass is 32.2. The van der Waals surface area contributed by atoms with Crippen molar-refractivity contribution >= 4 is 10.0 Å². The van der Waals surface area contributed by atoms with Crippen LogP contribution in [0, 0.1) is 0 Å². The molecule has 2 aromatic rings. The van der Waals surface area contributed by atoms with Gasteiger partial charge in [0.05, 0.1) is 19.9 Å². The van der Waals surface area contributed by atoms with Crippen molar-refractivity contribution in [3.63, 3.8) is 0 Å². The predicted molar refractivity (Wildman–Crippen MR) is 73.6 cm³/mol. The molecule has 0 atom stereocenters. The lowest BCUT2D eigenvalue weighted by Crippen LogP contribution is -2.23. The van der Waals surface area contributed by atoms with Gasteiger partial charge in [-0.3, -0.25) is 0 Å². The number of nitrogens with two attached hydrogens (primary N) is 1. The van der Waals surface area contributed by atoms with E-state index >= 15 is 0 Å². The van der Waals surface area contributed by atoms with Crippen molar-refractivity contribution < 1.29 is 17.6 Å². The van der Waals surface area contributed by atoms with Gasteiger partial charge in [0.2, 0.25) is 10.0 Å². The minimum absolute atomic E-state index is 0.0644. The van der Waals surface area contributed by atoms with Gasteiger partial charge in [0.15, 0.2) is 0 Å². The fourth-order valence-corrected chi connectivity index (χ4v) is 2.93. The second-order valence-electron chi connectivity index (χ2n) is 4.09. The summed E-state index contributed by atoms with van der Waals surface area (Å²) in [5.41, 5.74) is 6.25. The van der Waals surface area contributed by atoms with E-state index in [1.54, 1.807) is 24.3 Å². The summed E-state index contributed by atoms with van der Waals surface area (Å²) in [5.74, 6) is 0.802. The van der Waals surface area contributed by atoms with E-state index in [4.69, 9.17) is 14.9 Å². The Hall–Kier alpha value is -1.83. The third kappa shape index (κ3) is 3.19. The largest absolute Gasteiger partial charge is 0.495 e. The highest BCUT2D eigenvalue weighted by Gasteiger charge is 2.20. The van der Waals surface area contributed by atoms with Gasteiger partial charge in [-0.15, -0.1) is 0 Å². The summed E-state index contributed by atoms with van der Waals surface area (Å²) >= 11 is 0. The van der Waals surface area contributed by atoms with Crippen molar-refractivity contribution in [1.29, 1.82) is 0 Å². The van der Waals surface area contributed by atoms with Gasteiger partial charge in [-0.25, -0.2) is 13.1 Å². The van der Waals surface area contributed by atoms with Crippen LogP contribution in [0.1, 0.15) is 11.3 Å². The average molecular weight is 296 g/mol. The molecule has 0 radical (unpaired) electrons. The van der Waals surface area contributed by atoms with Crippen LogP contribution < -0.4 is 15.2 Å². The summed E-state index contributed by atoms with van der Waals surface area (Å²) in [5, 5.41) is 0. The summed E-state index contributed by atoms with van der Waals surface area (Å²) in [6.07, 6.45) is 1.49. The SMILES string of the molecule is COc1ccc(CN)cc1S(=O)(=O)NCc1ccco1. The molecule has 1 aromatic carbocycles. The van der Waals surface area contributed by atoms with Crippen molar-refractivity contribution in [2.75, 3.05) is 7.11 Å². The molecule has 3 N–H and O–H groups in total. The molecule has 0 aliphatic heterocycles. The van der Waals surface area contributed by atoms with Crippen LogP contribution in [0.15, 0.2) is 45.9 Å². The lowest BCUT2D eigenvalue weighted by molar-refractivity contribution is 0.402. The number of sulfonamides is 1. The number of hydrogen-bond donors (Lipinski definition) is 2. The predicted octanol–water partition coefficient (Wildman–Crippen LogP) is 1.23. The van der Waals surface area contributed by atoms with Crippen LogP contribution >= 0.6 is 0 Å². The number of rotatable bonds is 6. The van der Waals surface area contributed by atoms with Crippen LogP contribution in [0.3, 0.4) is 0 Å². The summed E-state index contributed by atoms with van der Waals surface area (Å²) < 4.78 is 37.2. The van der Waals surface area contributed by atoms with Gasteiger partial charge in [0, 0.05) is 6.54 Å². The molecule has 7 heteroatoms. The first-order valence-electron chi connectivity index (χ1n) is 5.96. The van der Waals surface area contributed by atoms with Crippen LogP contribution in [0.5, 0.6) is 5.75 Å². The Morgan fingerprint density at radius 3 is 2.75 bits per heavy atom. The zero-order valence-corrected chi connectivity index (χ0v) is 11.8. The molecule has 0 aliphatic rings. The van der Waals surface area contributed by atoms with E-state index in [0.29, 0.717) is 11.3 Å². The molecule has 0 bridgehead atoms. The Morgan fingerprint density at radius 2 is 2.15 bits per heavy atom. The van der Waals surface area contributed by atoms with Crippen LogP contribution in [-0.4, -0.2) is 15.5 Å². The Balaban J connectivity index is 2.28. The van der Waals surface area contributed by atoms with E-state index < -0.39 is 10.0 Å². The topological polar surface area (TPSA) is 94.6 Å². The molecule has 20 heavy (non-hydrogen) atoms. The van der Waals surface area contributed by atoms with E-state index in [0.717, 1.165) is 0 Å². The lowest BCUT2D eigenvalue weighted by Gasteiger charge is -2.11. The Morgan fingerprint density at radius 1 is 1.35 bits per heavy atom. The molecule has 0 spiro atoms. The maximum absolute atomic E-state index is 12.3. The number of hydrogen-bond acceptors (Lipinski definition) is 5.